The van der Waals surface area contributed by atoms with Crippen LogP contribution in [0.3, 0.4) is 0 Å². The van der Waals surface area contributed by atoms with Gasteiger partial charge in [0.05, 0.1) is 0 Å². The van der Waals surface area contributed by atoms with E-state index in [1.165, 1.54) is 40.9 Å². The number of nitrogens with zero attached hydrogens (tertiary/aromatic N) is 1. The van der Waals surface area contributed by atoms with Crippen LogP contribution in [0.1, 0.15) is 41.9 Å². The molecule has 3 aliphatic heterocycles. The van der Waals surface area contributed by atoms with Crippen LogP contribution in [0.5, 0.6) is 0 Å². The fourth-order valence-electron chi connectivity index (χ4n) is 4.41. The number of piperidine rings is 3. The largest absolute Gasteiger partial charge is 0.347 e. The van der Waals surface area contributed by atoms with E-state index in [9.17, 15) is 4.79 Å². The van der Waals surface area contributed by atoms with Crippen LogP contribution in [-0.2, 0) is 0 Å². The second-order valence-corrected chi connectivity index (χ2v) is 8.83. The standard InChI is InChI=1S/C19H24N2OS.ClH/c1-12-10-14-4-5-15(11-16(14)23-12)18(22)20-17-13-6-8-21(9-7-13)19(17,2)3;/h4-5,10-11,13,17H,6-9H2,1-3H3,(H,20,22);1H. The molecule has 3 aliphatic rings. The molecule has 5 heteroatoms. The lowest BCUT2D eigenvalue weighted by Gasteiger charge is -2.56. The first-order valence-electron chi connectivity index (χ1n) is 8.51. The Morgan fingerprint density at radius 2 is 1.96 bits per heavy atom. The van der Waals surface area contributed by atoms with Gasteiger partial charge in [-0.05, 0) is 76.2 Å². The monoisotopic (exact) mass is 364 g/mol. The van der Waals surface area contributed by atoms with E-state index < -0.39 is 0 Å². The molecule has 0 radical (unpaired) electrons. The SMILES string of the molecule is Cc1cc2ccc(C(=O)NC3C4CCN(CC4)C3(C)C)cc2s1.Cl. The van der Waals surface area contributed by atoms with Crippen LogP contribution in [0, 0.1) is 12.8 Å². The summed E-state index contributed by atoms with van der Waals surface area (Å²) in [6.07, 6.45) is 2.41. The Hall–Kier alpha value is -1.10. The van der Waals surface area contributed by atoms with Crippen molar-refractivity contribution in [3.8, 4) is 0 Å². The predicted octanol–water partition coefficient (Wildman–Crippen LogP) is 4.23. The number of carbonyl (C=O) groups excluding carboxylic acids is 1. The summed E-state index contributed by atoms with van der Waals surface area (Å²) in [5.41, 5.74) is 0.840. The maximum absolute atomic E-state index is 12.8. The zero-order chi connectivity index (χ0) is 16.2. The molecule has 1 aromatic carbocycles. The molecule has 1 aromatic heterocycles. The van der Waals surface area contributed by atoms with Crippen LogP contribution < -0.4 is 5.32 Å². The van der Waals surface area contributed by atoms with E-state index in [1.54, 1.807) is 11.3 Å². The maximum atomic E-state index is 12.8. The van der Waals surface area contributed by atoms with Crippen LogP contribution in [0.15, 0.2) is 24.3 Å². The molecular weight excluding hydrogens is 340 g/mol. The molecule has 130 valence electrons. The summed E-state index contributed by atoms with van der Waals surface area (Å²) in [7, 11) is 0. The topological polar surface area (TPSA) is 32.3 Å². The fraction of sp³-hybridized carbons (Fsp3) is 0.526. The smallest absolute Gasteiger partial charge is 0.251 e. The molecule has 1 amide bonds. The van der Waals surface area contributed by atoms with E-state index in [2.05, 4.69) is 43.1 Å². The van der Waals surface area contributed by atoms with Crippen molar-refractivity contribution in [1.29, 1.82) is 0 Å². The van der Waals surface area contributed by atoms with Gasteiger partial charge >= 0.3 is 0 Å². The van der Waals surface area contributed by atoms with Crippen molar-refractivity contribution < 1.29 is 4.79 Å². The number of hydrogen-bond acceptors (Lipinski definition) is 3. The number of benzene rings is 1. The first-order chi connectivity index (χ1) is 10.9. The van der Waals surface area contributed by atoms with Crippen molar-refractivity contribution >= 4 is 39.7 Å². The van der Waals surface area contributed by atoms with Gasteiger partial charge in [-0.2, -0.15) is 0 Å². The molecule has 3 fully saturated rings. The number of aryl methyl sites for hydroxylation is 1. The van der Waals surface area contributed by atoms with Crippen molar-refractivity contribution in [3.63, 3.8) is 0 Å². The predicted molar refractivity (Wildman–Crippen MR) is 103 cm³/mol. The van der Waals surface area contributed by atoms with Gasteiger partial charge in [-0.15, -0.1) is 23.7 Å². The third-order valence-electron chi connectivity index (χ3n) is 5.78. The molecule has 3 nitrogen and oxygen atoms in total. The molecule has 0 aliphatic carbocycles. The summed E-state index contributed by atoms with van der Waals surface area (Å²) >= 11 is 1.75. The number of nitrogens with one attached hydrogen (secondary N) is 1. The summed E-state index contributed by atoms with van der Waals surface area (Å²) in [6.45, 7) is 9.00. The summed E-state index contributed by atoms with van der Waals surface area (Å²) in [4.78, 5) is 16.6. The second-order valence-electron chi connectivity index (χ2n) is 7.54. The van der Waals surface area contributed by atoms with Gasteiger partial charge in [-0.25, -0.2) is 0 Å². The number of thiophene rings is 1. The van der Waals surface area contributed by atoms with Gasteiger partial charge in [0.25, 0.3) is 5.91 Å². The van der Waals surface area contributed by atoms with Crippen molar-refractivity contribution in [2.45, 2.75) is 45.2 Å². The van der Waals surface area contributed by atoms with Crippen LogP contribution >= 0.6 is 23.7 Å². The molecule has 1 atom stereocenters. The third kappa shape index (κ3) is 2.85. The second kappa shape index (κ2) is 6.32. The Morgan fingerprint density at radius 1 is 1.25 bits per heavy atom. The number of hydrogen-bond donors (Lipinski definition) is 1. The fourth-order valence-corrected chi connectivity index (χ4v) is 5.37. The van der Waals surface area contributed by atoms with Crippen LogP contribution in [-0.4, -0.2) is 35.5 Å². The van der Waals surface area contributed by atoms with Gasteiger partial charge in [-0.1, -0.05) is 6.07 Å². The lowest BCUT2D eigenvalue weighted by Crippen LogP contribution is -2.69. The maximum Gasteiger partial charge on any atom is 0.251 e. The molecule has 1 N–H and O–H groups in total. The Kier molecular flexibility index (Phi) is 4.67. The average Bonchev–Trinajstić information content (AvgIpc) is 2.90. The zero-order valence-electron chi connectivity index (χ0n) is 14.5. The van der Waals surface area contributed by atoms with Gasteiger partial charge in [0.1, 0.15) is 0 Å². The van der Waals surface area contributed by atoms with Crippen molar-refractivity contribution in [1.82, 2.24) is 10.2 Å². The molecule has 2 aromatic rings. The molecule has 24 heavy (non-hydrogen) atoms. The van der Waals surface area contributed by atoms with Crippen LogP contribution in [0.2, 0.25) is 0 Å². The number of halogens is 1. The van der Waals surface area contributed by atoms with Gasteiger partial charge in [0.15, 0.2) is 0 Å². The Balaban J connectivity index is 0.00000169. The molecule has 0 saturated carbocycles. The minimum absolute atomic E-state index is 0. The number of carbonyl (C=O) groups is 1. The molecule has 1 unspecified atom stereocenters. The minimum atomic E-state index is 0. The summed E-state index contributed by atoms with van der Waals surface area (Å²) in [5, 5.41) is 4.58. The van der Waals surface area contributed by atoms with Gasteiger partial charge in [0, 0.05) is 26.7 Å². The first-order valence-corrected chi connectivity index (χ1v) is 9.33. The first kappa shape index (κ1) is 17.7. The molecule has 0 spiro atoms. The van der Waals surface area contributed by atoms with E-state index in [1.807, 2.05) is 12.1 Å². The molecule has 2 bridgehead atoms. The number of rotatable bonds is 2. The van der Waals surface area contributed by atoms with Gasteiger partial charge < -0.3 is 5.32 Å². The zero-order valence-corrected chi connectivity index (χ0v) is 16.1. The Bertz CT molecular complexity index is 762. The molecular formula is C19H25ClN2OS. The van der Waals surface area contributed by atoms with E-state index in [4.69, 9.17) is 0 Å². The van der Waals surface area contributed by atoms with Gasteiger partial charge in [-0.3, -0.25) is 9.69 Å². The van der Waals surface area contributed by atoms with E-state index in [0.717, 1.165) is 5.56 Å². The average molecular weight is 365 g/mol. The van der Waals surface area contributed by atoms with Crippen LogP contribution in [0.25, 0.3) is 10.1 Å². The van der Waals surface area contributed by atoms with E-state index >= 15 is 0 Å². The van der Waals surface area contributed by atoms with E-state index in [-0.39, 0.29) is 29.9 Å². The van der Waals surface area contributed by atoms with Crippen molar-refractivity contribution in [2.24, 2.45) is 5.92 Å². The highest BCUT2D eigenvalue weighted by atomic mass is 35.5. The van der Waals surface area contributed by atoms with Crippen molar-refractivity contribution in [2.75, 3.05) is 13.1 Å². The van der Waals surface area contributed by atoms with Gasteiger partial charge in [0.2, 0.25) is 0 Å². The quantitative estimate of drug-likeness (QED) is 0.864. The summed E-state index contributed by atoms with van der Waals surface area (Å²) in [5.74, 6) is 0.691. The number of amides is 1. The third-order valence-corrected chi connectivity index (χ3v) is 6.79. The van der Waals surface area contributed by atoms with Crippen LogP contribution in [0.4, 0.5) is 0 Å². The highest BCUT2D eigenvalue weighted by molar-refractivity contribution is 7.19. The normalized spacial score (nSPS) is 27.7. The molecule has 5 rings (SSSR count). The molecule has 4 heterocycles. The van der Waals surface area contributed by atoms with Crippen molar-refractivity contribution in [3.05, 3.63) is 34.7 Å². The highest BCUT2D eigenvalue weighted by Gasteiger charge is 2.48. The highest BCUT2D eigenvalue weighted by Crippen LogP contribution is 2.39. The van der Waals surface area contributed by atoms with E-state index in [0.29, 0.717) is 5.92 Å². The number of fused-ring (bicyclic) bond motifs is 4. The lowest BCUT2D eigenvalue weighted by atomic mass is 9.72. The summed E-state index contributed by atoms with van der Waals surface area (Å²) < 4.78 is 1.20. The lowest BCUT2D eigenvalue weighted by molar-refractivity contribution is -0.0378. The molecule has 3 saturated heterocycles. The Labute approximate surface area is 153 Å². The summed E-state index contributed by atoms with van der Waals surface area (Å²) in [6, 6.07) is 8.49. The Morgan fingerprint density at radius 3 is 2.62 bits per heavy atom. The minimum Gasteiger partial charge on any atom is -0.347 e.